The molecule has 7 heteroatoms. The summed E-state index contributed by atoms with van der Waals surface area (Å²) in [4.78, 5) is 14.1. The Kier molecular flexibility index (Phi) is 4.16. The Labute approximate surface area is 99.9 Å². The van der Waals surface area contributed by atoms with Crippen LogP contribution in [0.3, 0.4) is 0 Å². The molecule has 0 bridgehead atoms. The standard InChI is InChI=1S/C9H8BrN3O3/c1-15-8-6(9(14)16-2)3-5(10)4-7(8)12-13-11/h3-4H,1-2H3. The van der Waals surface area contributed by atoms with Gasteiger partial charge in [-0.1, -0.05) is 21.0 Å². The number of carbonyl (C=O) groups excluding carboxylic acids is 1. The van der Waals surface area contributed by atoms with Crippen LogP contribution in [0, 0.1) is 0 Å². The van der Waals surface area contributed by atoms with Gasteiger partial charge in [0.1, 0.15) is 11.3 Å². The van der Waals surface area contributed by atoms with Crippen molar-refractivity contribution in [3.63, 3.8) is 0 Å². The minimum Gasteiger partial charge on any atom is -0.495 e. The van der Waals surface area contributed by atoms with E-state index in [9.17, 15) is 4.79 Å². The summed E-state index contributed by atoms with van der Waals surface area (Å²) in [5.74, 6) is -0.375. The van der Waals surface area contributed by atoms with Crippen molar-refractivity contribution in [1.82, 2.24) is 0 Å². The maximum absolute atomic E-state index is 11.4. The number of ether oxygens (including phenoxy) is 2. The molecule has 0 N–H and O–H groups in total. The second kappa shape index (κ2) is 5.39. The minimum absolute atomic E-state index is 0.188. The van der Waals surface area contributed by atoms with E-state index in [1.54, 1.807) is 6.07 Å². The molecule has 0 spiro atoms. The summed E-state index contributed by atoms with van der Waals surface area (Å²) < 4.78 is 10.2. The largest absolute Gasteiger partial charge is 0.495 e. The fourth-order valence-electron chi connectivity index (χ4n) is 1.18. The maximum atomic E-state index is 11.4. The number of azide groups is 1. The molecule has 0 amide bonds. The highest BCUT2D eigenvalue weighted by atomic mass is 79.9. The number of nitrogens with zero attached hydrogens (tertiary/aromatic N) is 3. The third kappa shape index (κ3) is 2.44. The zero-order chi connectivity index (χ0) is 12.1. The van der Waals surface area contributed by atoms with Crippen LogP contribution in [0.15, 0.2) is 21.7 Å². The van der Waals surface area contributed by atoms with Gasteiger partial charge < -0.3 is 9.47 Å². The normalized spacial score (nSPS) is 9.19. The van der Waals surface area contributed by atoms with Crippen molar-refractivity contribution in [2.24, 2.45) is 5.11 Å². The molecule has 0 aliphatic heterocycles. The van der Waals surface area contributed by atoms with E-state index in [-0.39, 0.29) is 17.0 Å². The van der Waals surface area contributed by atoms with Crippen LogP contribution in [-0.4, -0.2) is 20.2 Å². The van der Waals surface area contributed by atoms with Crippen molar-refractivity contribution < 1.29 is 14.3 Å². The Morgan fingerprint density at radius 2 is 2.19 bits per heavy atom. The van der Waals surface area contributed by atoms with E-state index >= 15 is 0 Å². The molecule has 84 valence electrons. The van der Waals surface area contributed by atoms with E-state index in [1.807, 2.05) is 0 Å². The number of hydrogen-bond donors (Lipinski definition) is 0. The molecule has 1 rings (SSSR count). The predicted octanol–water partition coefficient (Wildman–Crippen LogP) is 3.19. The number of methoxy groups -OCH3 is 2. The molecular weight excluding hydrogens is 278 g/mol. The fraction of sp³-hybridized carbons (Fsp3) is 0.222. The second-order valence-electron chi connectivity index (χ2n) is 2.69. The Hall–Kier alpha value is -1.72. The van der Waals surface area contributed by atoms with Crippen LogP contribution in [0.1, 0.15) is 10.4 Å². The van der Waals surface area contributed by atoms with Crippen LogP contribution in [-0.2, 0) is 4.74 Å². The van der Waals surface area contributed by atoms with Crippen LogP contribution >= 0.6 is 15.9 Å². The van der Waals surface area contributed by atoms with Crippen LogP contribution in [0.4, 0.5) is 5.69 Å². The molecule has 6 nitrogen and oxygen atoms in total. The quantitative estimate of drug-likeness (QED) is 0.370. The van der Waals surface area contributed by atoms with Crippen molar-refractivity contribution >= 4 is 27.6 Å². The third-order valence-corrected chi connectivity index (χ3v) is 2.25. The van der Waals surface area contributed by atoms with E-state index in [2.05, 4.69) is 30.7 Å². The molecule has 0 unspecified atom stereocenters. The van der Waals surface area contributed by atoms with Crippen LogP contribution in [0.2, 0.25) is 0 Å². The highest BCUT2D eigenvalue weighted by Gasteiger charge is 2.17. The first-order chi connectivity index (χ1) is 7.63. The lowest BCUT2D eigenvalue weighted by Gasteiger charge is -2.09. The van der Waals surface area contributed by atoms with Gasteiger partial charge in [0.2, 0.25) is 0 Å². The SMILES string of the molecule is COC(=O)c1cc(Br)cc(N=[N+]=[N-])c1OC. The van der Waals surface area contributed by atoms with Crippen molar-refractivity contribution in [1.29, 1.82) is 0 Å². The fourth-order valence-corrected chi connectivity index (χ4v) is 1.62. The summed E-state index contributed by atoms with van der Waals surface area (Å²) >= 11 is 3.20. The molecule has 0 heterocycles. The lowest BCUT2D eigenvalue weighted by atomic mass is 10.2. The number of hydrogen-bond acceptors (Lipinski definition) is 4. The summed E-state index contributed by atoms with van der Waals surface area (Å²) in [6, 6.07) is 3.08. The highest BCUT2D eigenvalue weighted by Crippen LogP contribution is 2.35. The molecule has 1 aromatic carbocycles. The molecule has 1 aromatic rings. The lowest BCUT2D eigenvalue weighted by molar-refractivity contribution is 0.0597. The van der Waals surface area contributed by atoms with Gasteiger partial charge in [0.05, 0.1) is 19.9 Å². The summed E-state index contributed by atoms with van der Waals surface area (Å²) in [5, 5.41) is 3.43. The van der Waals surface area contributed by atoms with Gasteiger partial charge in [-0.05, 0) is 17.7 Å². The van der Waals surface area contributed by atoms with Gasteiger partial charge in [-0.2, -0.15) is 0 Å². The maximum Gasteiger partial charge on any atom is 0.341 e. The minimum atomic E-state index is -0.562. The van der Waals surface area contributed by atoms with E-state index < -0.39 is 5.97 Å². The molecule has 0 aromatic heterocycles. The molecule has 0 fully saturated rings. The van der Waals surface area contributed by atoms with E-state index in [0.717, 1.165) is 0 Å². The Bertz CT molecular complexity index is 469. The number of rotatable bonds is 3. The molecule has 0 saturated heterocycles. The topological polar surface area (TPSA) is 84.3 Å². The number of halogens is 1. The molecule has 16 heavy (non-hydrogen) atoms. The van der Waals surface area contributed by atoms with Crippen molar-refractivity contribution in [2.45, 2.75) is 0 Å². The molecular formula is C9H8BrN3O3. The molecule has 0 radical (unpaired) electrons. The first kappa shape index (κ1) is 12.4. The molecule has 0 saturated carbocycles. The van der Waals surface area contributed by atoms with Crippen LogP contribution < -0.4 is 4.74 Å². The third-order valence-electron chi connectivity index (χ3n) is 1.80. The van der Waals surface area contributed by atoms with Gasteiger partial charge in [0, 0.05) is 9.38 Å². The van der Waals surface area contributed by atoms with Gasteiger partial charge in [0.15, 0.2) is 0 Å². The first-order valence-corrected chi connectivity index (χ1v) is 4.94. The highest BCUT2D eigenvalue weighted by molar-refractivity contribution is 9.10. The van der Waals surface area contributed by atoms with Crippen LogP contribution in [0.5, 0.6) is 5.75 Å². The first-order valence-electron chi connectivity index (χ1n) is 4.15. The Morgan fingerprint density at radius 1 is 1.50 bits per heavy atom. The van der Waals surface area contributed by atoms with E-state index in [0.29, 0.717) is 4.47 Å². The summed E-state index contributed by atoms with van der Waals surface area (Å²) in [6.07, 6.45) is 0. The average molecular weight is 286 g/mol. The summed E-state index contributed by atoms with van der Waals surface area (Å²) in [5.41, 5.74) is 8.81. The Morgan fingerprint density at radius 3 is 2.69 bits per heavy atom. The monoisotopic (exact) mass is 285 g/mol. The smallest absolute Gasteiger partial charge is 0.341 e. The average Bonchev–Trinajstić information content (AvgIpc) is 2.27. The van der Waals surface area contributed by atoms with Crippen LogP contribution in [0.25, 0.3) is 10.4 Å². The molecule has 0 aliphatic rings. The summed E-state index contributed by atoms with van der Waals surface area (Å²) in [6.45, 7) is 0. The van der Waals surface area contributed by atoms with Gasteiger partial charge in [0.25, 0.3) is 0 Å². The number of esters is 1. The van der Waals surface area contributed by atoms with Gasteiger partial charge in [-0.15, -0.1) is 0 Å². The predicted molar refractivity (Wildman–Crippen MR) is 60.8 cm³/mol. The number of benzene rings is 1. The van der Waals surface area contributed by atoms with Gasteiger partial charge in [-0.3, -0.25) is 0 Å². The van der Waals surface area contributed by atoms with Crippen molar-refractivity contribution in [2.75, 3.05) is 14.2 Å². The molecule has 0 atom stereocenters. The van der Waals surface area contributed by atoms with Gasteiger partial charge >= 0.3 is 5.97 Å². The van der Waals surface area contributed by atoms with Crippen molar-refractivity contribution in [3.05, 3.63) is 32.6 Å². The summed E-state index contributed by atoms with van der Waals surface area (Å²) in [7, 11) is 2.64. The number of carbonyl (C=O) groups is 1. The van der Waals surface area contributed by atoms with E-state index in [1.165, 1.54) is 20.3 Å². The van der Waals surface area contributed by atoms with E-state index in [4.69, 9.17) is 10.3 Å². The Balaban J connectivity index is 3.47. The molecule has 0 aliphatic carbocycles. The lowest BCUT2D eigenvalue weighted by Crippen LogP contribution is -2.04. The van der Waals surface area contributed by atoms with Crippen molar-refractivity contribution in [3.8, 4) is 5.75 Å². The zero-order valence-electron chi connectivity index (χ0n) is 8.60. The zero-order valence-corrected chi connectivity index (χ0v) is 10.2. The van der Waals surface area contributed by atoms with Gasteiger partial charge in [-0.25, -0.2) is 4.79 Å². The second-order valence-corrected chi connectivity index (χ2v) is 3.60.